The number of para-hydroxylation sites is 1. The first-order chi connectivity index (χ1) is 11.6. The minimum absolute atomic E-state index is 0.0509. The van der Waals surface area contributed by atoms with Gasteiger partial charge >= 0.3 is 0 Å². The van der Waals surface area contributed by atoms with Gasteiger partial charge in [-0.15, -0.1) is 0 Å². The van der Waals surface area contributed by atoms with Crippen LogP contribution in [0.5, 0.6) is 0 Å². The number of rotatable bonds is 5. The van der Waals surface area contributed by atoms with Gasteiger partial charge in [0.1, 0.15) is 5.82 Å². The van der Waals surface area contributed by atoms with Crippen LogP contribution in [0, 0.1) is 5.82 Å². The molecule has 1 N–H and O–H groups in total. The molecule has 1 aliphatic rings. The number of benzene rings is 2. The second-order valence-corrected chi connectivity index (χ2v) is 5.80. The zero-order valence-electron chi connectivity index (χ0n) is 13.3. The number of hydrogen-bond donors (Lipinski definition) is 1. The molecule has 124 valence electrons. The topological polar surface area (TPSA) is 49.4 Å². The van der Waals surface area contributed by atoms with E-state index in [1.807, 2.05) is 12.1 Å². The largest absolute Gasteiger partial charge is 0.352 e. The molecule has 1 heterocycles. The van der Waals surface area contributed by atoms with E-state index in [9.17, 15) is 14.0 Å². The fraction of sp³-hybridized carbons (Fsp3) is 0.263. The highest BCUT2D eigenvalue weighted by molar-refractivity contribution is 6.05. The van der Waals surface area contributed by atoms with Crippen LogP contribution in [0.15, 0.2) is 48.5 Å². The quantitative estimate of drug-likeness (QED) is 0.918. The molecule has 1 saturated heterocycles. The van der Waals surface area contributed by atoms with E-state index in [1.165, 1.54) is 12.1 Å². The molecule has 5 heteroatoms. The summed E-state index contributed by atoms with van der Waals surface area (Å²) in [5.41, 5.74) is 1.98. The smallest absolute Gasteiger partial charge is 0.253 e. The summed E-state index contributed by atoms with van der Waals surface area (Å²) < 4.78 is 13.2. The highest BCUT2D eigenvalue weighted by Crippen LogP contribution is 2.25. The van der Waals surface area contributed by atoms with Gasteiger partial charge in [0.25, 0.3) is 5.91 Å². The maximum atomic E-state index is 13.2. The van der Waals surface area contributed by atoms with Crippen molar-refractivity contribution in [3.63, 3.8) is 0 Å². The minimum Gasteiger partial charge on any atom is -0.352 e. The van der Waals surface area contributed by atoms with Gasteiger partial charge in [-0.3, -0.25) is 9.59 Å². The van der Waals surface area contributed by atoms with Crippen molar-refractivity contribution >= 4 is 17.5 Å². The van der Waals surface area contributed by atoms with Crippen LogP contribution in [0.3, 0.4) is 0 Å². The van der Waals surface area contributed by atoms with E-state index in [0.717, 1.165) is 12.0 Å². The summed E-state index contributed by atoms with van der Waals surface area (Å²) in [6.45, 7) is 1.05. The zero-order chi connectivity index (χ0) is 16.9. The summed E-state index contributed by atoms with van der Waals surface area (Å²) in [5.74, 6) is -0.451. The van der Waals surface area contributed by atoms with Crippen molar-refractivity contribution in [1.29, 1.82) is 0 Å². The maximum Gasteiger partial charge on any atom is 0.253 e. The van der Waals surface area contributed by atoms with E-state index in [0.29, 0.717) is 37.2 Å². The molecule has 0 unspecified atom stereocenters. The number of hydrogen-bond acceptors (Lipinski definition) is 2. The molecule has 24 heavy (non-hydrogen) atoms. The van der Waals surface area contributed by atoms with Crippen molar-refractivity contribution in [3.05, 3.63) is 65.5 Å². The van der Waals surface area contributed by atoms with E-state index < -0.39 is 0 Å². The lowest BCUT2D eigenvalue weighted by molar-refractivity contribution is -0.117. The normalized spacial score (nSPS) is 14.0. The fourth-order valence-electron chi connectivity index (χ4n) is 2.91. The van der Waals surface area contributed by atoms with E-state index in [1.54, 1.807) is 29.2 Å². The summed E-state index contributed by atoms with van der Waals surface area (Å²) >= 11 is 0. The molecule has 0 atom stereocenters. The van der Waals surface area contributed by atoms with Crippen molar-refractivity contribution in [2.75, 3.05) is 18.0 Å². The summed E-state index contributed by atoms with van der Waals surface area (Å²) in [6.07, 6.45) is 1.89. The van der Waals surface area contributed by atoms with Crippen molar-refractivity contribution in [1.82, 2.24) is 5.32 Å². The number of carbonyl (C=O) groups is 2. The molecule has 0 aromatic heterocycles. The molecule has 3 rings (SSSR count). The molecule has 1 fully saturated rings. The van der Waals surface area contributed by atoms with Crippen molar-refractivity contribution < 1.29 is 14.0 Å². The predicted molar refractivity (Wildman–Crippen MR) is 90.5 cm³/mol. The molecule has 2 aromatic rings. The van der Waals surface area contributed by atoms with Crippen LogP contribution >= 0.6 is 0 Å². The number of carbonyl (C=O) groups excluding carboxylic acids is 2. The Balaban J connectivity index is 1.66. The Morgan fingerprint density at radius 2 is 2.00 bits per heavy atom. The average molecular weight is 326 g/mol. The van der Waals surface area contributed by atoms with E-state index in [-0.39, 0.29) is 17.6 Å². The first-order valence-electron chi connectivity index (χ1n) is 8.07. The van der Waals surface area contributed by atoms with Gasteiger partial charge in [-0.25, -0.2) is 4.39 Å². The lowest BCUT2D eigenvalue weighted by Crippen LogP contribution is -2.30. The molecule has 2 aromatic carbocycles. The highest BCUT2D eigenvalue weighted by Gasteiger charge is 2.25. The number of anilines is 1. The maximum absolute atomic E-state index is 13.2. The Hall–Kier alpha value is -2.69. The van der Waals surface area contributed by atoms with Crippen molar-refractivity contribution in [2.24, 2.45) is 0 Å². The molecule has 1 aliphatic heterocycles. The predicted octanol–water partition coefficient (Wildman–Crippen LogP) is 2.93. The second kappa shape index (κ2) is 7.25. The third-order valence-corrected chi connectivity index (χ3v) is 4.10. The van der Waals surface area contributed by atoms with Gasteiger partial charge in [0.2, 0.25) is 5.91 Å². The van der Waals surface area contributed by atoms with Gasteiger partial charge in [0, 0.05) is 19.5 Å². The molecule has 0 saturated carbocycles. The third kappa shape index (κ3) is 3.62. The lowest BCUT2D eigenvalue weighted by atomic mass is 10.1. The number of amides is 2. The molecule has 0 spiro atoms. The van der Waals surface area contributed by atoms with Crippen LogP contribution in [0.1, 0.15) is 28.8 Å². The van der Waals surface area contributed by atoms with Gasteiger partial charge in [-0.2, -0.15) is 0 Å². The molecule has 0 aliphatic carbocycles. The van der Waals surface area contributed by atoms with E-state index >= 15 is 0 Å². The number of halogens is 1. The molecule has 0 bridgehead atoms. The molecule has 0 radical (unpaired) electrons. The Bertz CT molecular complexity index is 761. The van der Waals surface area contributed by atoms with Crippen LogP contribution in [-0.2, 0) is 11.2 Å². The van der Waals surface area contributed by atoms with Crippen LogP contribution in [-0.4, -0.2) is 24.9 Å². The van der Waals surface area contributed by atoms with Crippen molar-refractivity contribution in [2.45, 2.75) is 19.3 Å². The Labute approximate surface area is 140 Å². The van der Waals surface area contributed by atoms with E-state index in [2.05, 4.69) is 5.32 Å². The summed E-state index contributed by atoms with van der Waals surface area (Å²) in [6, 6.07) is 13.5. The highest BCUT2D eigenvalue weighted by atomic mass is 19.1. The molecular formula is C19H19FN2O2. The summed E-state index contributed by atoms with van der Waals surface area (Å²) in [4.78, 5) is 26.1. The third-order valence-electron chi connectivity index (χ3n) is 4.10. The molecule has 4 nitrogen and oxygen atoms in total. The van der Waals surface area contributed by atoms with Gasteiger partial charge in [-0.05, 0) is 42.7 Å². The van der Waals surface area contributed by atoms with Crippen LogP contribution in [0.2, 0.25) is 0 Å². The second-order valence-electron chi connectivity index (χ2n) is 5.80. The minimum atomic E-state index is -0.281. The summed E-state index contributed by atoms with van der Waals surface area (Å²) in [7, 11) is 0. The molecule has 2 amide bonds. The van der Waals surface area contributed by atoms with E-state index in [4.69, 9.17) is 0 Å². The van der Waals surface area contributed by atoms with Crippen LogP contribution in [0.4, 0.5) is 10.1 Å². The standard InChI is InChI=1S/C19H19FN2O2/c20-15-6-3-5-14(13-15)10-11-21-19(24)16-7-1-2-8-17(16)22-12-4-9-18(22)23/h1-3,5-8,13H,4,9-12H2,(H,21,24). The van der Waals surface area contributed by atoms with Crippen molar-refractivity contribution in [3.8, 4) is 0 Å². The zero-order valence-corrected chi connectivity index (χ0v) is 13.3. The fourth-order valence-corrected chi connectivity index (χ4v) is 2.91. The number of nitrogens with zero attached hydrogens (tertiary/aromatic N) is 1. The van der Waals surface area contributed by atoms with Gasteiger partial charge in [0.15, 0.2) is 0 Å². The Morgan fingerprint density at radius 1 is 1.17 bits per heavy atom. The summed E-state index contributed by atoms with van der Waals surface area (Å²) in [5, 5.41) is 2.85. The first kappa shape index (κ1) is 16.2. The van der Waals surface area contributed by atoms with Crippen LogP contribution < -0.4 is 10.2 Å². The van der Waals surface area contributed by atoms with Gasteiger partial charge in [-0.1, -0.05) is 24.3 Å². The van der Waals surface area contributed by atoms with Gasteiger partial charge < -0.3 is 10.2 Å². The Morgan fingerprint density at radius 3 is 2.75 bits per heavy atom. The lowest BCUT2D eigenvalue weighted by Gasteiger charge is -2.19. The molecular weight excluding hydrogens is 307 g/mol. The Kier molecular flexibility index (Phi) is 4.89. The average Bonchev–Trinajstić information content (AvgIpc) is 3.01. The van der Waals surface area contributed by atoms with Gasteiger partial charge in [0.05, 0.1) is 11.3 Å². The van der Waals surface area contributed by atoms with Crippen LogP contribution in [0.25, 0.3) is 0 Å². The SMILES string of the molecule is O=C(NCCc1cccc(F)c1)c1ccccc1N1CCCC1=O. The first-order valence-corrected chi connectivity index (χ1v) is 8.07. The number of nitrogens with one attached hydrogen (secondary N) is 1. The monoisotopic (exact) mass is 326 g/mol.